The number of hydrogen-bond donors (Lipinski definition) is 1. The Morgan fingerprint density at radius 2 is 2.17 bits per heavy atom. The maximum absolute atomic E-state index is 9.60. The zero-order chi connectivity index (χ0) is 8.55. The Balaban J connectivity index is 2.42. The van der Waals surface area contributed by atoms with Gasteiger partial charge in [-0.15, -0.1) is 11.8 Å². The maximum Gasteiger partial charge on any atom is 0.0700 e. The molecule has 2 heteroatoms. The van der Waals surface area contributed by atoms with Crippen LogP contribution in [-0.2, 0) is 0 Å². The lowest BCUT2D eigenvalue weighted by atomic mass is 9.96. The highest BCUT2D eigenvalue weighted by molar-refractivity contribution is 7.99. The van der Waals surface area contributed by atoms with Crippen LogP contribution in [0.3, 0.4) is 0 Å². The van der Waals surface area contributed by atoms with E-state index < -0.39 is 0 Å². The topological polar surface area (TPSA) is 20.2 Å². The second-order valence-corrected chi connectivity index (χ2v) is 4.27. The summed E-state index contributed by atoms with van der Waals surface area (Å²) in [4.78, 5) is 1.33. The second-order valence-electron chi connectivity index (χ2n) is 3.20. The molecule has 1 heterocycles. The molecule has 0 amide bonds. The van der Waals surface area contributed by atoms with Crippen LogP contribution in [-0.4, -0.2) is 17.0 Å². The lowest BCUT2D eigenvalue weighted by Crippen LogP contribution is -2.22. The largest absolute Gasteiger partial charge is 0.392 e. The average molecular weight is 180 g/mol. The summed E-state index contributed by atoms with van der Waals surface area (Å²) in [6.45, 7) is 2.09. The van der Waals surface area contributed by atoms with Gasteiger partial charge in [0.05, 0.1) is 6.10 Å². The van der Waals surface area contributed by atoms with Gasteiger partial charge in [-0.25, -0.2) is 0 Å². The Hall–Kier alpha value is -0.470. The number of benzene rings is 1. The van der Waals surface area contributed by atoms with Crippen LogP contribution in [0.1, 0.15) is 18.4 Å². The molecule has 1 aromatic carbocycles. The van der Waals surface area contributed by atoms with Crippen molar-refractivity contribution in [1.82, 2.24) is 0 Å². The van der Waals surface area contributed by atoms with E-state index in [0.717, 1.165) is 5.75 Å². The molecule has 0 spiro atoms. The van der Waals surface area contributed by atoms with Crippen LogP contribution in [0.15, 0.2) is 29.2 Å². The van der Waals surface area contributed by atoms with Gasteiger partial charge in [-0.2, -0.15) is 0 Å². The Kier molecular flexibility index (Phi) is 2.11. The summed E-state index contributed by atoms with van der Waals surface area (Å²) in [7, 11) is 0. The molecular formula is C10H12OS. The van der Waals surface area contributed by atoms with Crippen molar-refractivity contribution in [1.29, 1.82) is 0 Å². The van der Waals surface area contributed by atoms with Gasteiger partial charge in [-0.05, 0) is 11.6 Å². The molecular weight excluding hydrogens is 168 g/mol. The van der Waals surface area contributed by atoms with Gasteiger partial charge in [0.25, 0.3) is 0 Å². The number of fused-ring (bicyclic) bond motifs is 1. The second kappa shape index (κ2) is 3.11. The van der Waals surface area contributed by atoms with Crippen LogP contribution in [0.2, 0.25) is 0 Å². The molecule has 1 aliphatic heterocycles. The van der Waals surface area contributed by atoms with E-state index in [9.17, 15) is 5.11 Å². The Morgan fingerprint density at radius 3 is 3.00 bits per heavy atom. The first-order valence-electron chi connectivity index (χ1n) is 4.19. The maximum atomic E-state index is 9.60. The summed E-state index contributed by atoms with van der Waals surface area (Å²) in [6.07, 6.45) is -0.176. The van der Waals surface area contributed by atoms with E-state index in [1.165, 1.54) is 10.5 Å². The molecule has 0 aromatic heterocycles. The fourth-order valence-electron chi connectivity index (χ4n) is 1.51. The monoisotopic (exact) mass is 180 g/mol. The quantitative estimate of drug-likeness (QED) is 0.661. The van der Waals surface area contributed by atoms with E-state index in [4.69, 9.17) is 0 Å². The van der Waals surface area contributed by atoms with E-state index in [-0.39, 0.29) is 6.10 Å². The summed E-state index contributed by atoms with van der Waals surface area (Å²) in [5.74, 6) is 1.13. The van der Waals surface area contributed by atoms with Crippen molar-refractivity contribution < 1.29 is 5.11 Å². The number of aliphatic hydroxyl groups is 1. The minimum Gasteiger partial charge on any atom is -0.392 e. The van der Waals surface area contributed by atoms with Crippen LogP contribution in [0.25, 0.3) is 0 Å². The van der Waals surface area contributed by atoms with E-state index >= 15 is 0 Å². The van der Waals surface area contributed by atoms with Crippen LogP contribution in [0.4, 0.5) is 0 Å². The molecule has 1 aliphatic rings. The minimum atomic E-state index is -0.176. The first-order chi connectivity index (χ1) is 5.79. The van der Waals surface area contributed by atoms with Gasteiger partial charge in [0.1, 0.15) is 0 Å². The van der Waals surface area contributed by atoms with Gasteiger partial charge < -0.3 is 5.11 Å². The highest BCUT2D eigenvalue weighted by atomic mass is 32.2. The van der Waals surface area contributed by atoms with Crippen LogP contribution in [0, 0.1) is 0 Å². The Morgan fingerprint density at radius 1 is 1.42 bits per heavy atom. The standard InChI is InChI=1S/C10H12OS/c1-7-8-4-2-3-5-10(8)12-6-9(7)11/h2-5,7,9,11H,6H2,1H3/t7?,9-/m1/s1. The molecule has 64 valence electrons. The van der Waals surface area contributed by atoms with Gasteiger partial charge in [-0.3, -0.25) is 0 Å². The number of rotatable bonds is 0. The van der Waals surface area contributed by atoms with E-state index in [2.05, 4.69) is 25.1 Å². The van der Waals surface area contributed by atoms with E-state index in [1.807, 2.05) is 6.07 Å². The third kappa shape index (κ3) is 1.25. The molecule has 0 aliphatic carbocycles. The highest BCUT2D eigenvalue weighted by Gasteiger charge is 2.23. The molecule has 1 aromatic rings. The first-order valence-corrected chi connectivity index (χ1v) is 5.17. The fourth-order valence-corrected chi connectivity index (χ4v) is 2.75. The molecule has 0 bridgehead atoms. The van der Waals surface area contributed by atoms with Crippen LogP contribution >= 0.6 is 11.8 Å². The van der Waals surface area contributed by atoms with Crippen molar-refractivity contribution in [3.05, 3.63) is 29.8 Å². The summed E-state index contributed by atoms with van der Waals surface area (Å²) >= 11 is 1.75. The highest BCUT2D eigenvalue weighted by Crippen LogP contribution is 2.36. The zero-order valence-electron chi connectivity index (χ0n) is 7.03. The average Bonchev–Trinajstić information content (AvgIpc) is 2.12. The van der Waals surface area contributed by atoms with Crippen molar-refractivity contribution in [2.24, 2.45) is 0 Å². The predicted molar refractivity (Wildman–Crippen MR) is 51.6 cm³/mol. The van der Waals surface area contributed by atoms with Gasteiger partial charge in [0, 0.05) is 16.6 Å². The first kappa shape index (κ1) is 8.14. The van der Waals surface area contributed by atoms with Gasteiger partial charge in [-0.1, -0.05) is 25.1 Å². The zero-order valence-corrected chi connectivity index (χ0v) is 7.84. The lowest BCUT2D eigenvalue weighted by molar-refractivity contribution is 0.170. The smallest absolute Gasteiger partial charge is 0.0700 e. The molecule has 0 fully saturated rings. The molecule has 1 nitrogen and oxygen atoms in total. The molecule has 2 atom stereocenters. The van der Waals surface area contributed by atoms with Crippen molar-refractivity contribution in [2.75, 3.05) is 5.75 Å². The minimum absolute atomic E-state index is 0.176. The van der Waals surface area contributed by atoms with E-state index in [1.54, 1.807) is 11.8 Å². The van der Waals surface area contributed by atoms with Gasteiger partial charge in [0.15, 0.2) is 0 Å². The number of thioether (sulfide) groups is 1. The van der Waals surface area contributed by atoms with Crippen molar-refractivity contribution >= 4 is 11.8 Å². The summed E-state index contributed by atoms with van der Waals surface area (Å²) in [5.41, 5.74) is 1.29. The van der Waals surface area contributed by atoms with Crippen LogP contribution < -0.4 is 0 Å². The van der Waals surface area contributed by atoms with Crippen molar-refractivity contribution in [2.45, 2.75) is 23.8 Å². The molecule has 12 heavy (non-hydrogen) atoms. The van der Waals surface area contributed by atoms with Crippen LogP contribution in [0.5, 0.6) is 0 Å². The molecule has 0 saturated heterocycles. The molecule has 1 unspecified atom stereocenters. The predicted octanol–water partition coefficient (Wildman–Crippen LogP) is 2.26. The van der Waals surface area contributed by atoms with Crippen molar-refractivity contribution in [3.8, 4) is 0 Å². The lowest BCUT2D eigenvalue weighted by Gasteiger charge is -2.26. The Bertz CT molecular complexity index is 285. The number of aliphatic hydroxyl groups excluding tert-OH is 1. The van der Waals surface area contributed by atoms with Gasteiger partial charge >= 0.3 is 0 Å². The van der Waals surface area contributed by atoms with Crippen molar-refractivity contribution in [3.63, 3.8) is 0 Å². The summed E-state index contributed by atoms with van der Waals surface area (Å²) in [6, 6.07) is 8.32. The van der Waals surface area contributed by atoms with Gasteiger partial charge in [0.2, 0.25) is 0 Å². The SMILES string of the molecule is CC1c2ccccc2SC[C@H]1O. The normalized spacial score (nSPS) is 28.2. The fraction of sp³-hybridized carbons (Fsp3) is 0.400. The molecule has 2 rings (SSSR count). The Labute approximate surface area is 76.8 Å². The third-order valence-electron chi connectivity index (χ3n) is 2.40. The molecule has 1 N–H and O–H groups in total. The summed E-state index contributed by atoms with van der Waals surface area (Å²) in [5, 5.41) is 9.60. The third-order valence-corrected chi connectivity index (χ3v) is 3.59. The molecule has 0 saturated carbocycles. The molecule has 0 radical (unpaired) electrons. The summed E-state index contributed by atoms with van der Waals surface area (Å²) < 4.78 is 0. The van der Waals surface area contributed by atoms with E-state index in [0.29, 0.717) is 5.92 Å². The number of hydrogen-bond acceptors (Lipinski definition) is 2.